The van der Waals surface area contributed by atoms with E-state index in [1.54, 1.807) is 0 Å². The summed E-state index contributed by atoms with van der Waals surface area (Å²) in [5.74, 6) is 0.524. The summed E-state index contributed by atoms with van der Waals surface area (Å²) in [5.41, 5.74) is 10.7. The average molecular weight is 281 g/mol. The largest absolute Gasteiger partial charge is 0.369 e. The standard InChI is InChI=1S/C18H23N3/c1-4-15-9-7-10-16(13-15)20-18(19)21(5-2)17-11-6-8-14(3)12-17/h6-13H,4-5H2,1-3H3,(H2,19,20). The minimum absolute atomic E-state index is 0.524. The summed E-state index contributed by atoms with van der Waals surface area (Å²) in [7, 11) is 0. The monoisotopic (exact) mass is 281 g/mol. The lowest BCUT2D eigenvalue weighted by Gasteiger charge is -2.22. The summed E-state index contributed by atoms with van der Waals surface area (Å²) in [6.07, 6.45) is 0.999. The predicted molar refractivity (Wildman–Crippen MR) is 91.3 cm³/mol. The zero-order chi connectivity index (χ0) is 15.2. The van der Waals surface area contributed by atoms with Gasteiger partial charge in [0, 0.05) is 12.2 Å². The number of nitrogens with zero attached hydrogens (tertiary/aromatic N) is 2. The van der Waals surface area contributed by atoms with E-state index >= 15 is 0 Å². The lowest BCUT2D eigenvalue weighted by Crippen LogP contribution is -2.37. The number of hydrogen-bond donors (Lipinski definition) is 1. The van der Waals surface area contributed by atoms with Crippen molar-refractivity contribution in [3.8, 4) is 0 Å². The van der Waals surface area contributed by atoms with Gasteiger partial charge in [0.1, 0.15) is 0 Å². The van der Waals surface area contributed by atoms with Crippen molar-refractivity contribution in [3.63, 3.8) is 0 Å². The molecule has 0 bridgehead atoms. The van der Waals surface area contributed by atoms with Gasteiger partial charge in [-0.2, -0.15) is 0 Å². The van der Waals surface area contributed by atoms with Crippen LogP contribution < -0.4 is 10.6 Å². The van der Waals surface area contributed by atoms with E-state index in [-0.39, 0.29) is 0 Å². The van der Waals surface area contributed by atoms with Crippen LogP contribution in [0.25, 0.3) is 0 Å². The van der Waals surface area contributed by atoms with Gasteiger partial charge < -0.3 is 10.6 Å². The summed E-state index contributed by atoms with van der Waals surface area (Å²) in [4.78, 5) is 6.58. The first kappa shape index (κ1) is 15.1. The molecular weight excluding hydrogens is 258 g/mol. The zero-order valence-corrected chi connectivity index (χ0v) is 13.0. The number of aryl methyl sites for hydroxylation is 2. The minimum Gasteiger partial charge on any atom is -0.369 e. The van der Waals surface area contributed by atoms with E-state index in [0.717, 1.165) is 24.3 Å². The van der Waals surface area contributed by atoms with Gasteiger partial charge in [-0.05, 0) is 55.7 Å². The highest BCUT2D eigenvalue weighted by molar-refractivity contribution is 5.96. The molecule has 0 atom stereocenters. The Morgan fingerprint density at radius 1 is 1.10 bits per heavy atom. The Labute approximate surface area is 127 Å². The van der Waals surface area contributed by atoms with Crippen molar-refractivity contribution in [2.24, 2.45) is 10.7 Å². The molecule has 3 nitrogen and oxygen atoms in total. The van der Waals surface area contributed by atoms with Crippen LogP contribution in [0.3, 0.4) is 0 Å². The first-order chi connectivity index (χ1) is 10.1. The average Bonchev–Trinajstić information content (AvgIpc) is 2.48. The molecule has 0 amide bonds. The Hall–Kier alpha value is -2.29. The Balaban J connectivity index is 2.30. The quantitative estimate of drug-likeness (QED) is 0.679. The Morgan fingerprint density at radius 3 is 2.52 bits per heavy atom. The molecule has 2 aromatic rings. The fraction of sp³-hybridized carbons (Fsp3) is 0.278. The van der Waals surface area contributed by atoms with E-state index in [2.05, 4.69) is 56.1 Å². The van der Waals surface area contributed by atoms with E-state index in [1.165, 1.54) is 11.1 Å². The predicted octanol–water partition coefficient (Wildman–Crippen LogP) is 4.03. The van der Waals surface area contributed by atoms with Gasteiger partial charge in [-0.3, -0.25) is 0 Å². The van der Waals surface area contributed by atoms with Crippen LogP contribution in [-0.2, 0) is 6.42 Å². The molecule has 0 saturated heterocycles. The number of aliphatic imine (C=N–C) groups is 1. The molecule has 0 heterocycles. The molecule has 21 heavy (non-hydrogen) atoms. The maximum Gasteiger partial charge on any atom is 0.201 e. The van der Waals surface area contributed by atoms with E-state index in [1.807, 2.05) is 23.1 Å². The van der Waals surface area contributed by atoms with Gasteiger partial charge in [0.25, 0.3) is 0 Å². The van der Waals surface area contributed by atoms with Crippen molar-refractivity contribution in [2.45, 2.75) is 27.2 Å². The molecule has 0 fully saturated rings. The fourth-order valence-corrected chi connectivity index (χ4v) is 2.31. The third-order valence-corrected chi connectivity index (χ3v) is 3.47. The molecule has 2 rings (SSSR count). The first-order valence-electron chi connectivity index (χ1n) is 7.41. The summed E-state index contributed by atoms with van der Waals surface area (Å²) in [6, 6.07) is 16.5. The first-order valence-corrected chi connectivity index (χ1v) is 7.41. The van der Waals surface area contributed by atoms with Crippen LogP contribution in [0.1, 0.15) is 25.0 Å². The summed E-state index contributed by atoms with van der Waals surface area (Å²) >= 11 is 0. The molecule has 0 aromatic heterocycles. The third-order valence-electron chi connectivity index (χ3n) is 3.47. The van der Waals surface area contributed by atoms with Crippen molar-refractivity contribution in [3.05, 3.63) is 59.7 Å². The van der Waals surface area contributed by atoms with Gasteiger partial charge in [0.15, 0.2) is 0 Å². The second kappa shape index (κ2) is 6.93. The lowest BCUT2D eigenvalue weighted by atomic mass is 10.1. The van der Waals surface area contributed by atoms with Crippen molar-refractivity contribution >= 4 is 17.3 Å². The van der Waals surface area contributed by atoms with Crippen LogP contribution in [0.2, 0.25) is 0 Å². The molecule has 2 N–H and O–H groups in total. The maximum absolute atomic E-state index is 6.21. The topological polar surface area (TPSA) is 41.6 Å². The molecule has 110 valence electrons. The van der Waals surface area contributed by atoms with Crippen molar-refractivity contribution in [1.82, 2.24) is 0 Å². The summed E-state index contributed by atoms with van der Waals surface area (Å²) in [5, 5.41) is 0. The van der Waals surface area contributed by atoms with Gasteiger partial charge in [-0.1, -0.05) is 31.2 Å². The van der Waals surface area contributed by atoms with Gasteiger partial charge in [0.2, 0.25) is 5.96 Å². The van der Waals surface area contributed by atoms with Crippen LogP contribution in [0, 0.1) is 6.92 Å². The van der Waals surface area contributed by atoms with Crippen LogP contribution in [0.15, 0.2) is 53.5 Å². The highest BCUT2D eigenvalue weighted by Gasteiger charge is 2.08. The lowest BCUT2D eigenvalue weighted by molar-refractivity contribution is 1.04. The molecule has 2 aromatic carbocycles. The van der Waals surface area contributed by atoms with Crippen molar-refractivity contribution in [2.75, 3.05) is 11.4 Å². The van der Waals surface area contributed by atoms with Crippen LogP contribution in [0.4, 0.5) is 11.4 Å². The molecule has 0 unspecified atom stereocenters. The molecule has 0 aliphatic heterocycles. The van der Waals surface area contributed by atoms with Gasteiger partial charge >= 0.3 is 0 Å². The highest BCUT2D eigenvalue weighted by atomic mass is 15.2. The minimum atomic E-state index is 0.524. The van der Waals surface area contributed by atoms with Crippen LogP contribution in [0.5, 0.6) is 0 Å². The van der Waals surface area contributed by atoms with Crippen molar-refractivity contribution in [1.29, 1.82) is 0 Å². The normalized spacial score (nSPS) is 11.5. The second-order valence-electron chi connectivity index (χ2n) is 5.08. The molecular formula is C18H23N3. The molecule has 0 aliphatic rings. The fourth-order valence-electron chi connectivity index (χ4n) is 2.31. The number of benzene rings is 2. The van der Waals surface area contributed by atoms with Crippen LogP contribution in [-0.4, -0.2) is 12.5 Å². The van der Waals surface area contributed by atoms with E-state index in [4.69, 9.17) is 5.73 Å². The van der Waals surface area contributed by atoms with Crippen molar-refractivity contribution < 1.29 is 0 Å². The molecule has 0 saturated carbocycles. The number of nitrogens with two attached hydrogens (primary N) is 1. The van der Waals surface area contributed by atoms with E-state index in [9.17, 15) is 0 Å². The summed E-state index contributed by atoms with van der Waals surface area (Å²) in [6.45, 7) is 7.08. The molecule has 0 spiro atoms. The molecule has 3 heteroatoms. The zero-order valence-electron chi connectivity index (χ0n) is 13.0. The number of anilines is 1. The number of rotatable bonds is 4. The molecule has 0 radical (unpaired) electrons. The Bertz CT molecular complexity index is 632. The third kappa shape index (κ3) is 3.85. The summed E-state index contributed by atoms with van der Waals surface area (Å²) < 4.78 is 0. The van der Waals surface area contributed by atoms with Gasteiger partial charge in [-0.15, -0.1) is 0 Å². The second-order valence-corrected chi connectivity index (χ2v) is 5.08. The SMILES string of the molecule is CCc1cccc(N=C(N)N(CC)c2cccc(C)c2)c1. The molecule has 0 aliphatic carbocycles. The highest BCUT2D eigenvalue weighted by Crippen LogP contribution is 2.18. The maximum atomic E-state index is 6.21. The van der Waals surface area contributed by atoms with Gasteiger partial charge in [-0.25, -0.2) is 4.99 Å². The van der Waals surface area contributed by atoms with E-state index in [0.29, 0.717) is 5.96 Å². The number of guanidine groups is 1. The van der Waals surface area contributed by atoms with Crippen LogP contribution >= 0.6 is 0 Å². The number of hydrogen-bond acceptors (Lipinski definition) is 1. The Kier molecular flexibility index (Phi) is 4.99. The van der Waals surface area contributed by atoms with E-state index < -0.39 is 0 Å². The van der Waals surface area contributed by atoms with Gasteiger partial charge in [0.05, 0.1) is 5.69 Å². The Morgan fingerprint density at radius 2 is 1.86 bits per heavy atom. The smallest absolute Gasteiger partial charge is 0.201 e.